The quantitative estimate of drug-likeness (QED) is 0.374. The van der Waals surface area contributed by atoms with Crippen LogP contribution in [0.15, 0.2) is 0 Å². The standard InChI is InChI=1S/C17H27N5O5/c1-17(2,3)27-16(25)20-7-6-10(8-20)14(23)19-13(18)12-5-4-11-9-21(12)15(24)22(11)26/h10-12,26H,4-9H2,1-3H3,(H2,18,19,23)/t10?,11-,12+/m1/s1. The predicted molar refractivity (Wildman–Crippen MR) is 94.3 cm³/mol. The average molecular weight is 381 g/mol. The fraction of sp³-hybridized carbons (Fsp3) is 0.765. The Morgan fingerprint density at radius 1 is 1.22 bits per heavy atom. The Bertz CT molecular complexity index is 661. The Labute approximate surface area is 157 Å². The van der Waals surface area contributed by atoms with Gasteiger partial charge >= 0.3 is 12.1 Å². The Morgan fingerprint density at radius 3 is 2.59 bits per heavy atom. The maximum Gasteiger partial charge on any atom is 0.410 e. The number of carbonyl (C=O) groups excluding carboxylic acids is 3. The molecule has 0 radical (unpaired) electrons. The second-order valence-electron chi connectivity index (χ2n) is 8.34. The van der Waals surface area contributed by atoms with Gasteiger partial charge < -0.3 is 19.9 Å². The number of amidine groups is 1. The Balaban J connectivity index is 1.53. The van der Waals surface area contributed by atoms with Gasteiger partial charge in [0, 0.05) is 19.6 Å². The van der Waals surface area contributed by atoms with Crippen molar-refractivity contribution in [3.8, 4) is 0 Å². The molecule has 10 nitrogen and oxygen atoms in total. The van der Waals surface area contributed by atoms with Crippen LogP contribution in [0.4, 0.5) is 9.59 Å². The number of hydroxylamine groups is 2. The number of carbonyl (C=O) groups is 3. The monoisotopic (exact) mass is 381 g/mol. The summed E-state index contributed by atoms with van der Waals surface area (Å²) in [5.74, 6) is -0.795. The van der Waals surface area contributed by atoms with Crippen LogP contribution in [-0.2, 0) is 9.53 Å². The molecule has 150 valence electrons. The number of hydrogen-bond donors (Lipinski definition) is 3. The van der Waals surface area contributed by atoms with Crippen molar-refractivity contribution in [2.45, 2.75) is 57.7 Å². The van der Waals surface area contributed by atoms with Crippen molar-refractivity contribution in [1.82, 2.24) is 20.2 Å². The summed E-state index contributed by atoms with van der Waals surface area (Å²) in [6, 6.07) is -1.31. The minimum absolute atomic E-state index is 0.0437. The summed E-state index contributed by atoms with van der Waals surface area (Å²) >= 11 is 0. The van der Waals surface area contributed by atoms with Crippen molar-refractivity contribution in [1.29, 1.82) is 5.41 Å². The summed E-state index contributed by atoms with van der Waals surface area (Å²) < 4.78 is 5.32. The largest absolute Gasteiger partial charge is 0.444 e. The third-order valence-electron chi connectivity index (χ3n) is 5.15. The van der Waals surface area contributed by atoms with E-state index < -0.39 is 29.7 Å². The van der Waals surface area contributed by atoms with E-state index in [-0.39, 0.29) is 24.3 Å². The average Bonchev–Trinajstić information content (AvgIpc) is 3.15. The number of hydrogen-bond acceptors (Lipinski definition) is 6. The van der Waals surface area contributed by atoms with E-state index in [1.54, 1.807) is 20.8 Å². The van der Waals surface area contributed by atoms with Crippen LogP contribution in [0.3, 0.4) is 0 Å². The fourth-order valence-corrected chi connectivity index (χ4v) is 3.74. The number of piperidine rings is 1. The van der Waals surface area contributed by atoms with Gasteiger partial charge in [0.15, 0.2) is 0 Å². The molecule has 3 rings (SSSR count). The zero-order chi connectivity index (χ0) is 19.9. The highest BCUT2D eigenvalue weighted by Crippen LogP contribution is 2.28. The number of ether oxygens (including phenoxy) is 1. The molecule has 2 bridgehead atoms. The molecular formula is C17H27N5O5. The number of likely N-dealkylation sites (tertiary alicyclic amines) is 1. The predicted octanol–water partition coefficient (Wildman–Crippen LogP) is 0.995. The second kappa shape index (κ2) is 6.99. The second-order valence-corrected chi connectivity index (χ2v) is 8.34. The van der Waals surface area contributed by atoms with Gasteiger partial charge in [-0.1, -0.05) is 0 Å². The molecule has 3 N–H and O–H groups in total. The van der Waals surface area contributed by atoms with Crippen LogP contribution in [-0.4, -0.2) is 81.3 Å². The van der Waals surface area contributed by atoms with Gasteiger partial charge in [0.1, 0.15) is 11.4 Å². The smallest absolute Gasteiger partial charge is 0.410 e. The Kier molecular flexibility index (Phi) is 5.02. The first-order chi connectivity index (χ1) is 12.6. The summed E-state index contributed by atoms with van der Waals surface area (Å²) in [4.78, 5) is 39.5. The van der Waals surface area contributed by atoms with Crippen LogP contribution in [0.5, 0.6) is 0 Å². The lowest BCUT2D eigenvalue weighted by Crippen LogP contribution is -2.51. The lowest BCUT2D eigenvalue weighted by Gasteiger charge is -2.31. The normalized spacial score (nSPS) is 27.8. The number of nitrogens with zero attached hydrogens (tertiary/aromatic N) is 3. The lowest BCUT2D eigenvalue weighted by molar-refractivity contribution is -0.123. The van der Waals surface area contributed by atoms with Crippen LogP contribution in [0.2, 0.25) is 0 Å². The fourth-order valence-electron chi connectivity index (χ4n) is 3.74. The van der Waals surface area contributed by atoms with Gasteiger partial charge in [-0.3, -0.25) is 15.4 Å². The molecule has 4 amide bonds. The molecule has 3 aliphatic rings. The maximum atomic E-state index is 12.5. The summed E-state index contributed by atoms with van der Waals surface area (Å²) in [5.41, 5.74) is -0.596. The molecular weight excluding hydrogens is 354 g/mol. The number of amides is 4. The van der Waals surface area contributed by atoms with E-state index in [1.807, 2.05) is 0 Å². The highest BCUT2D eigenvalue weighted by atomic mass is 16.6. The summed E-state index contributed by atoms with van der Waals surface area (Å²) in [7, 11) is 0. The van der Waals surface area contributed by atoms with Crippen LogP contribution < -0.4 is 5.32 Å². The van der Waals surface area contributed by atoms with Crippen molar-refractivity contribution in [2.75, 3.05) is 19.6 Å². The molecule has 3 atom stereocenters. The van der Waals surface area contributed by atoms with Crippen LogP contribution in [0.25, 0.3) is 0 Å². The van der Waals surface area contributed by atoms with Gasteiger partial charge in [0.25, 0.3) is 0 Å². The zero-order valence-electron chi connectivity index (χ0n) is 15.9. The van der Waals surface area contributed by atoms with Crippen molar-refractivity contribution >= 4 is 23.9 Å². The highest BCUT2D eigenvalue weighted by Gasteiger charge is 2.46. The zero-order valence-corrected chi connectivity index (χ0v) is 15.9. The first-order valence-electron chi connectivity index (χ1n) is 9.23. The van der Waals surface area contributed by atoms with Crippen molar-refractivity contribution in [3.63, 3.8) is 0 Å². The third kappa shape index (κ3) is 4.00. The van der Waals surface area contributed by atoms with Gasteiger partial charge in [0.05, 0.1) is 18.0 Å². The topological polar surface area (TPSA) is 126 Å². The number of nitrogens with one attached hydrogen (secondary N) is 2. The molecule has 3 heterocycles. The van der Waals surface area contributed by atoms with E-state index in [9.17, 15) is 19.6 Å². The minimum atomic E-state index is -0.596. The SMILES string of the molecule is CC(C)(C)OC(=O)N1CCC(C(=O)NC(=N)[C@@H]2CC[C@@H]3CN2C(=O)N3O)C1. The molecule has 0 aromatic carbocycles. The van der Waals surface area contributed by atoms with Crippen molar-refractivity contribution in [3.05, 3.63) is 0 Å². The van der Waals surface area contributed by atoms with Gasteiger partial charge in [-0.15, -0.1) is 0 Å². The summed E-state index contributed by atoms with van der Waals surface area (Å²) in [6.45, 7) is 6.38. The van der Waals surface area contributed by atoms with Crippen LogP contribution in [0.1, 0.15) is 40.0 Å². The Hall–Kier alpha value is -2.36. The van der Waals surface area contributed by atoms with Crippen LogP contribution >= 0.6 is 0 Å². The van der Waals surface area contributed by atoms with Gasteiger partial charge in [-0.2, -0.15) is 0 Å². The van der Waals surface area contributed by atoms with Gasteiger partial charge in [-0.25, -0.2) is 14.7 Å². The van der Waals surface area contributed by atoms with E-state index >= 15 is 0 Å². The van der Waals surface area contributed by atoms with E-state index in [2.05, 4.69) is 5.32 Å². The van der Waals surface area contributed by atoms with Crippen LogP contribution in [0, 0.1) is 11.3 Å². The molecule has 0 saturated carbocycles. The summed E-state index contributed by atoms with van der Waals surface area (Å²) in [6.07, 6.45) is 1.15. The van der Waals surface area contributed by atoms with E-state index in [1.165, 1.54) is 9.80 Å². The van der Waals surface area contributed by atoms with Crippen molar-refractivity contribution in [2.24, 2.45) is 5.92 Å². The van der Waals surface area contributed by atoms with E-state index in [0.717, 1.165) is 0 Å². The first kappa shape index (κ1) is 19.4. The molecule has 3 fully saturated rings. The minimum Gasteiger partial charge on any atom is -0.444 e. The van der Waals surface area contributed by atoms with Gasteiger partial charge in [-0.05, 0) is 40.0 Å². The first-order valence-corrected chi connectivity index (χ1v) is 9.23. The molecule has 27 heavy (non-hydrogen) atoms. The number of fused-ring (bicyclic) bond motifs is 2. The lowest BCUT2D eigenvalue weighted by atomic mass is 9.99. The molecule has 0 aromatic heterocycles. The molecule has 0 aliphatic carbocycles. The van der Waals surface area contributed by atoms with Crippen molar-refractivity contribution < 1.29 is 24.3 Å². The molecule has 0 spiro atoms. The third-order valence-corrected chi connectivity index (χ3v) is 5.15. The molecule has 1 unspecified atom stereocenters. The van der Waals surface area contributed by atoms with E-state index in [4.69, 9.17) is 10.1 Å². The summed E-state index contributed by atoms with van der Waals surface area (Å²) in [5, 5.41) is 21.2. The molecule has 0 aromatic rings. The maximum absolute atomic E-state index is 12.5. The number of rotatable bonds is 2. The molecule has 3 saturated heterocycles. The van der Waals surface area contributed by atoms with E-state index in [0.29, 0.717) is 37.4 Å². The number of urea groups is 1. The Morgan fingerprint density at radius 2 is 1.93 bits per heavy atom. The van der Waals surface area contributed by atoms with Gasteiger partial charge in [0.2, 0.25) is 5.91 Å². The molecule has 10 heteroatoms. The molecule has 3 aliphatic heterocycles. The highest BCUT2D eigenvalue weighted by molar-refractivity contribution is 6.02.